The monoisotopic (exact) mass is 582 g/mol. The maximum Gasteiger partial charge on any atom is 0.344 e. The minimum Gasteiger partial charge on any atom is -0.493 e. The van der Waals surface area contributed by atoms with Crippen molar-refractivity contribution < 1.29 is 33.3 Å². The molecule has 0 aromatic heterocycles. The first kappa shape index (κ1) is 23.2. The van der Waals surface area contributed by atoms with Crippen LogP contribution in [0, 0.1) is 3.57 Å². The lowest BCUT2D eigenvalue weighted by atomic mass is 10.2. The number of fused-ring (bicyclic) bond motifs is 1. The van der Waals surface area contributed by atoms with Gasteiger partial charge in [-0.3, -0.25) is 4.79 Å². The summed E-state index contributed by atoms with van der Waals surface area (Å²) in [6, 6.07) is 8.89. The van der Waals surface area contributed by atoms with E-state index in [1.165, 1.54) is 18.9 Å². The van der Waals surface area contributed by atoms with Gasteiger partial charge in [0.25, 0.3) is 5.91 Å². The summed E-state index contributed by atoms with van der Waals surface area (Å²) in [5, 5.41) is 3.22. The van der Waals surface area contributed by atoms with Crippen molar-refractivity contribution in [2.24, 2.45) is 4.99 Å². The second kappa shape index (κ2) is 10.3. The standard InChI is InChI=1S/C22H19IN2O7S/c1-3-29-19(26)10-30-20-14(23)6-12(7-17(20)28-2)8-18-21(27)25-22(33-18)24-13-4-5-15-16(9-13)32-11-31-15/h4-9H,3,10-11H2,1-2H3,(H,24,25,27)/b18-8+. The van der Waals surface area contributed by atoms with Gasteiger partial charge in [-0.2, -0.15) is 0 Å². The van der Waals surface area contributed by atoms with Gasteiger partial charge >= 0.3 is 5.97 Å². The first-order valence-electron chi connectivity index (χ1n) is 9.82. The highest BCUT2D eigenvalue weighted by Crippen LogP contribution is 2.38. The quantitative estimate of drug-likeness (QED) is 0.298. The van der Waals surface area contributed by atoms with Crippen LogP contribution in [0.25, 0.3) is 6.08 Å². The van der Waals surface area contributed by atoms with Crippen molar-refractivity contribution in [2.75, 3.05) is 27.1 Å². The zero-order valence-corrected chi connectivity index (χ0v) is 20.7. The lowest BCUT2D eigenvalue weighted by molar-refractivity contribution is -0.145. The van der Waals surface area contributed by atoms with Gasteiger partial charge < -0.3 is 29.0 Å². The predicted octanol–water partition coefficient (Wildman–Crippen LogP) is 3.86. The molecule has 33 heavy (non-hydrogen) atoms. The Hall–Kier alpha value is -2.93. The summed E-state index contributed by atoms with van der Waals surface area (Å²) >= 11 is 3.32. The number of esters is 1. The Morgan fingerprint density at radius 2 is 2.09 bits per heavy atom. The number of nitrogens with one attached hydrogen (secondary N) is 1. The summed E-state index contributed by atoms with van der Waals surface area (Å²) < 4.78 is 27.3. The number of halogens is 1. The van der Waals surface area contributed by atoms with Crippen LogP contribution in [0.15, 0.2) is 40.2 Å². The fraction of sp³-hybridized carbons (Fsp3) is 0.227. The van der Waals surface area contributed by atoms with E-state index in [2.05, 4.69) is 32.9 Å². The van der Waals surface area contributed by atoms with Crippen molar-refractivity contribution >= 4 is 63.2 Å². The molecule has 0 spiro atoms. The molecule has 1 N–H and O–H groups in total. The number of hydrogen-bond acceptors (Lipinski definition) is 9. The maximum atomic E-state index is 12.5. The summed E-state index contributed by atoms with van der Waals surface area (Å²) in [5.74, 6) is 1.44. The zero-order chi connectivity index (χ0) is 23.4. The number of hydrogen-bond donors (Lipinski definition) is 1. The lowest BCUT2D eigenvalue weighted by Crippen LogP contribution is -2.19. The maximum absolute atomic E-state index is 12.5. The van der Waals surface area contributed by atoms with Gasteiger partial charge in [0.1, 0.15) is 0 Å². The third-order valence-electron chi connectivity index (χ3n) is 4.43. The molecule has 1 fully saturated rings. The average Bonchev–Trinajstić information content (AvgIpc) is 3.38. The molecule has 0 saturated carbocycles. The highest BCUT2D eigenvalue weighted by atomic mass is 127. The molecule has 2 aromatic rings. The summed E-state index contributed by atoms with van der Waals surface area (Å²) in [6.07, 6.45) is 1.74. The fourth-order valence-corrected chi connectivity index (χ4v) is 4.62. The number of amidine groups is 1. The second-order valence-electron chi connectivity index (χ2n) is 6.65. The molecule has 2 aliphatic heterocycles. The number of aliphatic imine (C=N–C) groups is 1. The minimum atomic E-state index is -0.463. The van der Waals surface area contributed by atoms with Crippen molar-refractivity contribution in [3.8, 4) is 23.0 Å². The molecule has 0 bridgehead atoms. The van der Waals surface area contributed by atoms with Crippen molar-refractivity contribution in [3.63, 3.8) is 0 Å². The number of amides is 1. The van der Waals surface area contributed by atoms with E-state index in [1.54, 1.807) is 37.3 Å². The molecule has 2 aliphatic rings. The molecule has 172 valence electrons. The highest BCUT2D eigenvalue weighted by Gasteiger charge is 2.25. The van der Waals surface area contributed by atoms with E-state index in [0.29, 0.717) is 38.8 Å². The molecular formula is C22H19IN2O7S. The topological polar surface area (TPSA) is 105 Å². The molecule has 9 nitrogen and oxygen atoms in total. The van der Waals surface area contributed by atoms with E-state index in [4.69, 9.17) is 23.7 Å². The highest BCUT2D eigenvalue weighted by molar-refractivity contribution is 14.1. The number of carbonyl (C=O) groups excluding carboxylic acids is 2. The molecule has 0 atom stereocenters. The van der Waals surface area contributed by atoms with Gasteiger partial charge in [-0.1, -0.05) is 0 Å². The summed E-state index contributed by atoms with van der Waals surface area (Å²) in [4.78, 5) is 29.0. The van der Waals surface area contributed by atoms with Crippen LogP contribution in [0.3, 0.4) is 0 Å². The Morgan fingerprint density at radius 1 is 1.27 bits per heavy atom. The van der Waals surface area contributed by atoms with Gasteiger partial charge in [-0.15, -0.1) is 0 Å². The number of nitrogens with zero attached hydrogens (tertiary/aromatic N) is 1. The Balaban J connectivity index is 1.51. The average molecular weight is 582 g/mol. The minimum absolute atomic E-state index is 0.183. The second-order valence-corrected chi connectivity index (χ2v) is 8.84. The third-order valence-corrected chi connectivity index (χ3v) is 6.14. The summed E-state index contributed by atoms with van der Waals surface area (Å²) in [7, 11) is 1.51. The smallest absolute Gasteiger partial charge is 0.344 e. The third kappa shape index (κ3) is 5.53. The van der Waals surface area contributed by atoms with E-state index < -0.39 is 5.97 Å². The number of rotatable bonds is 7. The van der Waals surface area contributed by atoms with Crippen molar-refractivity contribution in [1.29, 1.82) is 0 Å². The zero-order valence-electron chi connectivity index (χ0n) is 17.7. The molecule has 1 amide bonds. The Bertz CT molecular complexity index is 1170. The summed E-state index contributed by atoms with van der Waals surface area (Å²) in [6.45, 7) is 1.97. The Labute approximate surface area is 207 Å². The Kier molecular flexibility index (Phi) is 7.28. The Morgan fingerprint density at radius 3 is 2.88 bits per heavy atom. The van der Waals surface area contributed by atoms with Gasteiger partial charge in [-0.05, 0) is 77.2 Å². The van der Waals surface area contributed by atoms with Crippen LogP contribution in [0.4, 0.5) is 5.69 Å². The molecule has 11 heteroatoms. The van der Waals surface area contributed by atoms with Gasteiger partial charge in [-0.25, -0.2) is 9.79 Å². The van der Waals surface area contributed by atoms with E-state index in [1.807, 2.05) is 6.07 Å². The van der Waals surface area contributed by atoms with E-state index in [9.17, 15) is 9.59 Å². The van der Waals surface area contributed by atoms with Gasteiger partial charge in [0.05, 0.1) is 27.9 Å². The van der Waals surface area contributed by atoms with Gasteiger partial charge in [0, 0.05) is 6.07 Å². The van der Waals surface area contributed by atoms with Crippen LogP contribution in [0.5, 0.6) is 23.0 Å². The van der Waals surface area contributed by atoms with E-state index in [-0.39, 0.29) is 25.9 Å². The molecular weight excluding hydrogens is 563 g/mol. The first-order chi connectivity index (χ1) is 16.0. The SMILES string of the molecule is CCOC(=O)COc1c(I)cc(/C=C2/SC(=Nc3ccc4c(c3)OCO4)NC2=O)cc1OC. The van der Waals surface area contributed by atoms with Gasteiger partial charge in [0.2, 0.25) is 6.79 Å². The molecule has 0 radical (unpaired) electrons. The largest absolute Gasteiger partial charge is 0.493 e. The van der Waals surface area contributed by atoms with Crippen LogP contribution < -0.4 is 24.3 Å². The first-order valence-corrected chi connectivity index (χ1v) is 11.7. The molecule has 0 unspecified atom stereocenters. The van der Waals surface area contributed by atoms with Crippen LogP contribution >= 0.6 is 34.4 Å². The number of ether oxygens (including phenoxy) is 5. The lowest BCUT2D eigenvalue weighted by Gasteiger charge is -2.13. The molecule has 2 heterocycles. The molecule has 1 saturated heterocycles. The van der Waals surface area contributed by atoms with Crippen LogP contribution in [-0.4, -0.2) is 44.2 Å². The summed E-state index contributed by atoms with van der Waals surface area (Å²) in [5.41, 5.74) is 1.38. The molecule has 4 rings (SSSR count). The normalized spacial score (nSPS) is 16.8. The fourth-order valence-electron chi connectivity index (χ4n) is 3.00. The van der Waals surface area contributed by atoms with Crippen molar-refractivity contribution in [2.45, 2.75) is 6.92 Å². The van der Waals surface area contributed by atoms with E-state index in [0.717, 1.165) is 9.13 Å². The predicted molar refractivity (Wildman–Crippen MR) is 131 cm³/mol. The van der Waals surface area contributed by atoms with E-state index >= 15 is 0 Å². The van der Waals surface area contributed by atoms with Crippen molar-refractivity contribution in [3.05, 3.63) is 44.4 Å². The number of carbonyl (C=O) groups is 2. The van der Waals surface area contributed by atoms with Crippen LogP contribution in [0.2, 0.25) is 0 Å². The van der Waals surface area contributed by atoms with Gasteiger partial charge in [0.15, 0.2) is 34.8 Å². The number of benzene rings is 2. The van der Waals surface area contributed by atoms with Crippen LogP contribution in [0.1, 0.15) is 12.5 Å². The number of methoxy groups -OCH3 is 1. The molecule has 0 aliphatic carbocycles. The van der Waals surface area contributed by atoms with Crippen molar-refractivity contribution in [1.82, 2.24) is 5.32 Å². The van der Waals surface area contributed by atoms with Crippen LogP contribution in [-0.2, 0) is 14.3 Å². The molecule has 2 aromatic carbocycles. The number of thioether (sulfide) groups is 1.